The molecule has 3 nitrogen and oxygen atoms in total. The van der Waals surface area contributed by atoms with Gasteiger partial charge in [0, 0.05) is 17.3 Å². The average Bonchev–Trinajstić information content (AvgIpc) is 2.43. The molecule has 1 aliphatic rings. The van der Waals surface area contributed by atoms with Crippen molar-refractivity contribution in [1.82, 2.24) is 9.97 Å². The number of H-pyrrole nitrogens is 2. The minimum atomic E-state index is -0.0539. The molecule has 0 bridgehead atoms. The Labute approximate surface area is 83.9 Å². The molecule has 0 amide bonds. The van der Waals surface area contributed by atoms with Gasteiger partial charge in [0.25, 0.3) is 0 Å². The first kappa shape index (κ1) is 9.56. The quantitative estimate of drug-likeness (QED) is 0.663. The van der Waals surface area contributed by atoms with Crippen molar-refractivity contribution in [3.05, 3.63) is 21.9 Å². The van der Waals surface area contributed by atoms with Gasteiger partial charge in [-0.3, -0.25) is 0 Å². The Morgan fingerprint density at radius 3 is 2.21 bits per heavy atom. The van der Waals surface area contributed by atoms with Crippen LogP contribution in [0.4, 0.5) is 0 Å². The first-order valence-corrected chi connectivity index (χ1v) is 5.56. The third-order valence-corrected chi connectivity index (χ3v) is 3.22. The Hall–Kier alpha value is -0.990. The number of aromatic nitrogens is 2. The minimum Gasteiger partial charge on any atom is -0.310 e. The lowest BCUT2D eigenvalue weighted by Crippen LogP contribution is -2.04. The van der Waals surface area contributed by atoms with Gasteiger partial charge in [-0.15, -0.1) is 0 Å². The van der Waals surface area contributed by atoms with Gasteiger partial charge in [-0.25, -0.2) is 4.79 Å². The van der Waals surface area contributed by atoms with E-state index in [4.69, 9.17) is 0 Å². The van der Waals surface area contributed by atoms with E-state index in [1.165, 1.54) is 38.5 Å². The molecule has 1 heterocycles. The number of imidazole rings is 1. The van der Waals surface area contributed by atoms with Crippen LogP contribution in [0.1, 0.15) is 55.8 Å². The van der Waals surface area contributed by atoms with E-state index in [0.29, 0.717) is 5.92 Å². The summed E-state index contributed by atoms with van der Waals surface area (Å²) in [7, 11) is 0. The number of nitrogens with one attached hydrogen (secondary N) is 2. The number of aromatic amines is 2. The van der Waals surface area contributed by atoms with Crippen molar-refractivity contribution in [2.45, 2.75) is 51.4 Å². The van der Waals surface area contributed by atoms with Crippen LogP contribution in [0.5, 0.6) is 0 Å². The summed E-state index contributed by atoms with van der Waals surface area (Å²) in [5.41, 5.74) is 2.13. The van der Waals surface area contributed by atoms with Gasteiger partial charge in [-0.1, -0.05) is 25.7 Å². The molecule has 0 aliphatic heterocycles. The molecule has 1 aliphatic carbocycles. The van der Waals surface area contributed by atoms with Crippen LogP contribution in [-0.2, 0) is 0 Å². The van der Waals surface area contributed by atoms with Gasteiger partial charge in [-0.05, 0) is 19.8 Å². The fourth-order valence-corrected chi connectivity index (χ4v) is 2.46. The van der Waals surface area contributed by atoms with Crippen LogP contribution < -0.4 is 5.69 Å². The van der Waals surface area contributed by atoms with E-state index < -0.39 is 0 Å². The van der Waals surface area contributed by atoms with E-state index in [0.717, 1.165) is 11.4 Å². The maximum absolute atomic E-state index is 11.1. The lowest BCUT2D eigenvalue weighted by atomic mass is 9.95. The predicted molar refractivity (Wildman–Crippen MR) is 56.6 cm³/mol. The molecule has 3 heteroatoms. The molecule has 1 aromatic heterocycles. The highest BCUT2D eigenvalue weighted by molar-refractivity contribution is 5.14. The highest BCUT2D eigenvalue weighted by Gasteiger charge is 2.17. The van der Waals surface area contributed by atoms with Crippen molar-refractivity contribution in [2.24, 2.45) is 0 Å². The standard InChI is InChI=1S/C11H18N2O/c1-8-10(13-11(14)12-8)9-6-4-2-3-5-7-9/h9H,2-7H2,1H3,(H2,12,13,14). The van der Waals surface area contributed by atoms with E-state index in [1.54, 1.807) is 0 Å². The number of aryl methyl sites for hydroxylation is 1. The molecule has 1 fully saturated rings. The summed E-state index contributed by atoms with van der Waals surface area (Å²) in [6.07, 6.45) is 7.77. The molecule has 1 aromatic rings. The number of hydrogen-bond acceptors (Lipinski definition) is 1. The maximum atomic E-state index is 11.1. The molecule has 0 radical (unpaired) electrons. The van der Waals surface area contributed by atoms with Crippen LogP contribution in [0, 0.1) is 6.92 Å². The van der Waals surface area contributed by atoms with Gasteiger partial charge in [0.1, 0.15) is 0 Å². The van der Waals surface area contributed by atoms with Gasteiger partial charge in [-0.2, -0.15) is 0 Å². The molecular formula is C11H18N2O. The first-order chi connectivity index (χ1) is 6.77. The van der Waals surface area contributed by atoms with Gasteiger partial charge >= 0.3 is 5.69 Å². The van der Waals surface area contributed by atoms with Gasteiger partial charge in [0.15, 0.2) is 0 Å². The van der Waals surface area contributed by atoms with Crippen LogP contribution in [0.3, 0.4) is 0 Å². The van der Waals surface area contributed by atoms with Crippen molar-refractivity contribution in [1.29, 1.82) is 0 Å². The molecule has 0 atom stereocenters. The zero-order chi connectivity index (χ0) is 9.97. The Kier molecular flexibility index (Phi) is 2.75. The largest absolute Gasteiger partial charge is 0.323 e. The van der Waals surface area contributed by atoms with Crippen LogP contribution in [0.15, 0.2) is 4.79 Å². The van der Waals surface area contributed by atoms with Gasteiger partial charge < -0.3 is 9.97 Å². The van der Waals surface area contributed by atoms with Crippen molar-refractivity contribution < 1.29 is 0 Å². The summed E-state index contributed by atoms with van der Waals surface area (Å²) in [6.45, 7) is 1.98. The van der Waals surface area contributed by atoms with Crippen molar-refractivity contribution in [2.75, 3.05) is 0 Å². The lowest BCUT2D eigenvalue weighted by Gasteiger charge is -2.12. The topological polar surface area (TPSA) is 48.6 Å². The summed E-state index contributed by atoms with van der Waals surface area (Å²) in [6, 6.07) is 0. The third-order valence-electron chi connectivity index (χ3n) is 3.22. The molecule has 0 saturated heterocycles. The molecule has 0 aromatic carbocycles. The van der Waals surface area contributed by atoms with Crippen molar-refractivity contribution in [3.63, 3.8) is 0 Å². The lowest BCUT2D eigenvalue weighted by molar-refractivity contribution is 0.576. The van der Waals surface area contributed by atoms with Crippen molar-refractivity contribution in [3.8, 4) is 0 Å². The molecule has 78 valence electrons. The van der Waals surface area contributed by atoms with Crippen molar-refractivity contribution >= 4 is 0 Å². The summed E-state index contributed by atoms with van der Waals surface area (Å²) in [5, 5.41) is 0. The maximum Gasteiger partial charge on any atom is 0.323 e. The molecule has 2 N–H and O–H groups in total. The molecule has 14 heavy (non-hydrogen) atoms. The highest BCUT2D eigenvalue weighted by Crippen LogP contribution is 2.30. The number of hydrogen-bond donors (Lipinski definition) is 2. The second-order valence-corrected chi connectivity index (χ2v) is 4.31. The van der Waals surface area contributed by atoms with E-state index in [2.05, 4.69) is 9.97 Å². The SMILES string of the molecule is Cc1[nH]c(=O)[nH]c1C1CCCCCC1. The van der Waals surface area contributed by atoms with E-state index in [9.17, 15) is 4.79 Å². The molecule has 0 unspecified atom stereocenters. The Bertz CT molecular complexity index is 342. The predicted octanol–water partition coefficient (Wildman–Crippen LogP) is 2.45. The zero-order valence-corrected chi connectivity index (χ0v) is 8.73. The van der Waals surface area contributed by atoms with Crippen LogP contribution in [0.25, 0.3) is 0 Å². The van der Waals surface area contributed by atoms with Crippen LogP contribution >= 0.6 is 0 Å². The average molecular weight is 194 g/mol. The van der Waals surface area contributed by atoms with Gasteiger partial charge in [0.2, 0.25) is 0 Å². The monoisotopic (exact) mass is 194 g/mol. The molecular weight excluding hydrogens is 176 g/mol. The molecule has 1 saturated carbocycles. The summed E-state index contributed by atoms with van der Waals surface area (Å²) in [5.74, 6) is 0.580. The van der Waals surface area contributed by atoms with E-state index >= 15 is 0 Å². The second-order valence-electron chi connectivity index (χ2n) is 4.31. The normalized spacial score (nSPS) is 19.5. The molecule has 2 rings (SSSR count). The Morgan fingerprint density at radius 1 is 1.07 bits per heavy atom. The van der Waals surface area contributed by atoms with E-state index in [-0.39, 0.29) is 5.69 Å². The smallest absolute Gasteiger partial charge is 0.310 e. The number of rotatable bonds is 1. The highest BCUT2D eigenvalue weighted by atomic mass is 16.1. The zero-order valence-electron chi connectivity index (χ0n) is 8.73. The van der Waals surface area contributed by atoms with Crippen LogP contribution in [0.2, 0.25) is 0 Å². The Balaban J connectivity index is 2.20. The van der Waals surface area contributed by atoms with Crippen LogP contribution in [-0.4, -0.2) is 9.97 Å². The summed E-state index contributed by atoms with van der Waals surface area (Å²) < 4.78 is 0. The second kappa shape index (κ2) is 4.03. The molecule has 0 spiro atoms. The Morgan fingerprint density at radius 2 is 1.71 bits per heavy atom. The minimum absolute atomic E-state index is 0.0539. The summed E-state index contributed by atoms with van der Waals surface area (Å²) in [4.78, 5) is 16.9. The fourth-order valence-electron chi connectivity index (χ4n) is 2.46. The van der Waals surface area contributed by atoms with E-state index in [1.807, 2.05) is 6.92 Å². The van der Waals surface area contributed by atoms with Gasteiger partial charge in [0.05, 0.1) is 0 Å². The first-order valence-electron chi connectivity index (χ1n) is 5.56. The summed E-state index contributed by atoms with van der Waals surface area (Å²) >= 11 is 0. The third kappa shape index (κ3) is 1.91. The fraction of sp³-hybridized carbons (Fsp3) is 0.727.